The number of nitrogens with one attached hydrogen (secondary N) is 2. The molecular weight excluding hydrogens is 436 g/mol. The number of hydrogen-bond acceptors (Lipinski definition) is 7. The first-order chi connectivity index (χ1) is 16.0. The average Bonchev–Trinajstić information content (AvgIpc) is 3.11. The number of carbonyl (C=O) groups excluding carboxylic acids is 1. The molecule has 0 aliphatic heterocycles. The van der Waals surface area contributed by atoms with Crippen molar-refractivity contribution in [3.63, 3.8) is 0 Å². The molecule has 0 bridgehead atoms. The van der Waals surface area contributed by atoms with Crippen molar-refractivity contribution in [2.75, 3.05) is 23.8 Å². The van der Waals surface area contributed by atoms with Gasteiger partial charge in [-0.3, -0.25) is 4.79 Å². The van der Waals surface area contributed by atoms with Gasteiger partial charge in [0.1, 0.15) is 28.5 Å². The molecule has 0 saturated heterocycles. The molecule has 0 fully saturated rings. The van der Waals surface area contributed by atoms with E-state index in [9.17, 15) is 4.79 Å². The molecule has 170 valence electrons. The minimum absolute atomic E-state index is 0.221. The lowest BCUT2D eigenvalue weighted by molar-refractivity contribution is 0.102. The molecule has 0 spiro atoms. The zero-order valence-electron chi connectivity index (χ0n) is 19.1. The lowest BCUT2D eigenvalue weighted by Gasteiger charge is -2.18. The Morgan fingerprint density at radius 2 is 1.64 bits per heavy atom. The second kappa shape index (κ2) is 9.87. The van der Waals surface area contributed by atoms with Crippen LogP contribution in [0.3, 0.4) is 0 Å². The number of ether oxygens (including phenoxy) is 2. The van der Waals surface area contributed by atoms with Crippen LogP contribution in [0.2, 0.25) is 0 Å². The van der Waals surface area contributed by atoms with Crippen molar-refractivity contribution in [3.8, 4) is 11.5 Å². The number of fused-ring (bicyclic) bond motifs is 1. The van der Waals surface area contributed by atoms with Crippen LogP contribution in [0.1, 0.15) is 34.6 Å². The summed E-state index contributed by atoms with van der Waals surface area (Å²) in [5.41, 5.74) is 2.94. The highest BCUT2D eigenvalue weighted by molar-refractivity contribution is 7.18. The number of benzene rings is 2. The van der Waals surface area contributed by atoms with Crippen molar-refractivity contribution in [1.82, 2.24) is 9.97 Å². The Kier molecular flexibility index (Phi) is 6.74. The molecule has 0 unspecified atom stereocenters. The maximum Gasteiger partial charge on any atom is 0.255 e. The predicted octanol–water partition coefficient (Wildman–Crippen LogP) is 6.10. The van der Waals surface area contributed by atoms with E-state index in [4.69, 9.17) is 9.47 Å². The summed E-state index contributed by atoms with van der Waals surface area (Å²) in [6.07, 6.45) is 1.55. The van der Waals surface area contributed by atoms with Gasteiger partial charge in [-0.25, -0.2) is 9.97 Å². The Morgan fingerprint density at radius 3 is 2.33 bits per heavy atom. The van der Waals surface area contributed by atoms with Crippen LogP contribution in [-0.4, -0.2) is 29.1 Å². The van der Waals surface area contributed by atoms with Crippen LogP contribution in [0.25, 0.3) is 10.2 Å². The average molecular weight is 463 g/mol. The van der Waals surface area contributed by atoms with Crippen LogP contribution in [0, 0.1) is 13.8 Å². The molecule has 0 atom stereocenters. The third kappa shape index (κ3) is 4.75. The van der Waals surface area contributed by atoms with Gasteiger partial charge in [0.25, 0.3) is 5.91 Å². The Hall–Kier alpha value is -3.65. The third-order valence-corrected chi connectivity index (χ3v) is 6.30. The summed E-state index contributed by atoms with van der Waals surface area (Å²) in [6, 6.07) is 12.7. The van der Waals surface area contributed by atoms with E-state index in [1.807, 2.05) is 38.1 Å². The van der Waals surface area contributed by atoms with E-state index in [0.29, 0.717) is 47.5 Å². The zero-order chi connectivity index (χ0) is 23.4. The first-order valence-electron chi connectivity index (χ1n) is 10.8. The number of anilines is 3. The molecule has 2 heterocycles. The van der Waals surface area contributed by atoms with E-state index in [2.05, 4.69) is 34.4 Å². The summed E-state index contributed by atoms with van der Waals surface area (Å²) in [4.78, 5) is 23.8. The van der Waals surface area contributed by atoms with E-state index in [1.165, 1.54) is 4.88 Å². The fraction of sp³-hybridized carbons (Fsp3) is 0.240. The van der Waals surface area contributed by atoms with E-state index >= 15 is 0 Å². The molecule has 2 N–H and O–H groups in total. The SMILES string of the molecule is CCOc1cc(Nc2ncnc3sc(C)c(C)c23)c(OCC)cc1NC(=O)c1ccccc1. The van der Waals surface area contributed by atoms with Crippen LogP contribution in [0.15, 0.2) is 48.8 Å². The second-order valence-electron chi connectivity index (χ2n) is 7.34. The fourth-order valence-electron chi connectivity index (χ4n) is 3.49. The molecule has 0 radical (unpaired) electrons. The Balaban J connectivity index is 1.74. The highest BCUT2D eigenvalue weighted by Crippen LogP contribution is 2.40. The predicted molar refractivity (Wildman–Crippen MR) is 133 cm³/mol. The van der Waals surface area contributed by atoms with Crippen molar-refractivity contribution >= 4 is 44.7 Å². The molecule has 0 aliphatic carbocycles. The first kappa shape index (κ1) is 22.5. The molecule has 0 saturated carbocycles. The van der Waals surface area contributed by atoms with Gasteiger partial charge in [0.05, 0.1) is 30.0 Å². The van der Waals surface area contributed by atoms with Gasteiger partial charge in [-0.2, -0.15) is 0 Å². The van der Waals surface area contributed by atoms with Gasteiger partial charge in [0.15, 0.2) is 0 Å². The van der Waals surface area contributed by atoms with Crippen LogP contribution in [0.5, 0.6) is 11.5 Å². The summed E-state index contributed by atoms with van der Waals surface area (Å²) in [5.74, 6) is 1.60. The topological polar surface area (TPSA) is 85.4 Å². The van der Waals surface area contributed by atoms with Crippen molar-refractivity contribution < 1.29 is 14.3 Å². The van der Waals surface area contributed by atoms with E-state index in [-0.39, 0.29) is 5.91 Å². The summed E-state index contributed by atoms with van der Waals surface area (Å²) < 4.78 is 11.8. The highest BCUT2D eigenvalue weighted by atomic mass is 32.1. The van der Waals surface area contributed by atoms with Crippen LogP contribution in [-0.2, 0) is 0 Å². The summed E-state index contributed by atoms with van der Waals surface area (Å²) in [5, 5.41) is 7.34. The molecule has 0 aliphatic rings. The number of aryl methyl sites for hydroxylation is 2. The Morgan fingerprint density at radius 1 is 0.970 bits per heavy atom. The molecule has 33 heavy (non-hydrogen) atoms. The molecule has 2 aromatic heterocycles. The van der Waals surface area contributed by atoms with Gasteiger partial charge >= 0.3 is 0 Å². The zero-order valence-corrected chi connectivity index (χ0v) is 19.9. The van der Waals surface area contributed by atoms with Gasteiger partial charge in [-0.1, -0.05) is 18.2 Å². The smallest absolute Gasteiger partial charge is 0.255 e. The minimum atomic E-state index is -0.221. The fourth-order valence-corrected chi connectivity index (χ4v) is 4.49. The third-order valence-electron chi connectivity index (χ3n) is 5.18. The first-order valence-corrected chi connectivity index (χ1v) is 11.6. The second-order valence-corrected chi connectivity index (χ2v) is 8.54. The van der Waals surface area contributed by atoms with E-state index in [1.54, 1.807) is 35.9 Å². The molecule has 2 aromatic carbocycles. The van der Waals surface area contributed by atoms with Crippen molar-refractivity contribution in [2.24, 2.45) is 0 Å². The number of rotatable bonds is 8. The molecule has 1 amide bonds. The summed E-state index contributed by atoms with van der Waals surface area (Å²) >= 11 is 1.64. The van der Waals surface area contributed by atoms with Gasteiger partial charge in [0, 0.05) is 22.6 Å². The van der Waals surface area contributed by atoms with Gasteiger partial charge < -0.3 is 20.1 Å². The van der Waals surface area contributed by atoms with Crippen LogP contribution >= 0.6 is 11.3 Å². The van der Waals surface area contributed by atoms with Crippen molar-refractivity contribution in [2.45, 2.75) is 27.7 Å². The standard InChI is InChI=1S/C25H26N4O3S/c1-5-31-20-13-19(29-24(30)17-10-8-7-9-11-17)21(32-6-2)12-18(20)28-23-22-15(3)16(4)33-25(22)27-14-26-23/h7-14H,5-6H2,1-4H3,(H,29,30)(H,26,27,28). The lowest BCUT2D eigenvalue weighted by Crippen LogP contribution is -2.13. The molecule has 4 aromatic rings. The Labute approximate surface area is 196 Å². The highest BCUT2D eigenvalue weighted by Gasteiger charge is 2.18. The minimum Gasteiger partial charge on any atom is -0.492 e. The molecule has 4 rings (SSSR count). The number of hydrogen-bond donors (Lipinski definition) is 2. The summed E-state index contributed by atoms with van der Waals surface area (Å²) in [6.45, 7) is 8.87. The summed E-state index contributed by atoms with van der Waals surface area (Å²) in [7, 11) is 0. The number of carbonyl (C=O) groups is 1. The largest absolute Gasteiger partial charge is 0.492 e. The van der Waals surface area contributed by atoms with Gasteiger partial charge in [-0.15, -0.1) is 11.3 Å². The van der Waals surface area contributed by atoms with Crippen molar-refractivity contribution in [1.29, 1.82) is 0 Å². The number of amides is 1. The molecule has 7 nitrogen and oxygen atoms in total. The van der Waals surface area contributed by atoms with Crippen LogP contribution in [0.4, 0.5) is 17.2 Å². The van der Waals surface area contributed by atoms with E-state index < -0.39 is 0 Å². The normalized spacial score (nSPS) is 10.8. The number of aromatic nitrogens is 2. The van der Waals surface area contributed by atoms with Crippen LogP contribution < -0.4 is 20.1 Å². The lowest BCUT2D eigenvalue weighted by atomic mass is 10.1. The van der Waals surface area contributed by atoms with Gasteiger partial charge in [-0.05, 0) is 45.4 Å². The molecular formula is C25H26N4O3S. The van der Waals surface area contributed by atoms with Crippen molar-refractivity contribution in [3.05, 3.63) is 64.8 Å². The Bertz CT molecular complexity index is 1290. The monoisotopic (exact) mass is 462 g/mol. The molecule has 8 heteroatoms. The maximum absolute atomic E-state index is 12.8. The number of nitrogens with zero attached hydrogens (tertiary/aromatic N) is 2. The van der Waals surface area contributed by atoms with E-state index in [0.717, 1.165) is 15.8 Å². The quantitative estimate of drug-likeness (QED) is 0.329. The van der Waals surface area contributed by atoms with Gasteiger partial charge in [0.2, 0.25) is 0 Å². The maximum atomic E-state index is 12.8. The number of thiophene rings is 1.